The van der Waals surface area contributed by atoms with Crippen LogP contribution in [0.5, 0.6) is 0 Å². The Labute approximate surface area is 133 Å². The second kappa shape index (κ2) is 5.68. The van der Waals surface area contributed by atoms with E-state index in [-0.39, 0.29) is 5.91 Å². The summed E-state index contributed by atoms with van der Waals surface area (Å²) in [6.07, 6.45) is 0. The molecule has 1 atom stereocenters. The highest BCUT2D eigenvalue weighted by atomic mass is 16.2. The van der Waals surface area contributed by atoms with Gasteiger partial charge in [0.05, 0.1) is 0 Å². The fraction of sp³-hybridized carbons (Fsp3) is 0.167. The fourth-order valence-electron chi connectivity index (χ4n) is 2.74. The largest absolute Gasteiger partial charge is 0.325 e. The molecule has 1 unspecified atom stereocenters. The fourth-order valence-corrected chi connectivity index (χ4v) is 2.74. The van der Waals surface area contributed by atoms with E-state index in [2.05, 4.69) is 5.32 Å². The van der Waals surface area contributed by atoms with E-state index < -0.39 is 17.7 Å². The molecule has 0 saturated heterocycles. The Balaban J connectivity index is 1.97. The van der Waals surface area contributed by atoms with Crippen LogP contribution in [-0.2, 0) is 9.59 Å². The van der Waals surface area contributed by atoms with Crippen LogP contribution >= 0.6 is 0 Å². The van der Waals surface area contributed by atoms with Crippen LogP contribution < -0.4 is 5.32 Å². The maximum atomic E-state index is 12.6. The highest BCUT2D eigenvalue weighted by molar-refractivity contribution is 6.20. The van der Waals surface area contributed by atoms with E-state index in [9.17, 15) is 14.4 Å². The molecule has 2 aromatic carbocycles. The molecule has 0 bridgehead atoms. The topological polar surface area (TPSA) is 66.5 Å². The summed E-state index contributed by atoms with van der Waals surface area (Å²) in [6, 6.07) is 14.1. The van der Waals surface area contributed by atoms with Gasteiger partial charge in [-0.2, -0.15) is 0 Å². The van der Waals surface area contributed by atoms with Gasteiger partial charge < -0.3 is 5.32 Å². The summed E-state index contributed by atoms with van der Waals surface area (Å²) in [5.41, 5.74) is 2.47. The predicted molar refractivity (Wildman–Crippen MR) is 86.1 cm³/mol. The molecule has 0 spiro atoms. The number of likely N-dealkylation sites (N-methyl/N-ethyl adjacent to an activating group) is 1. The molecule has 2 aromatic rings. The molecule has 3 amide bonds. The lowest BCUT2D eigenvalue weighted by atomic mass is 9.88. The molecule has 0 aromatic heterocycles. The zero-order valence-electron chi connectivity index (χ0n) is 12.9. The summed E-state index contributed by atoms with van der Waals surface area (Å²) >= 11 is 0. The van der Waals surface area contributed by atoms with Gasteiger partial charge in [0.15, 0.2) is 0 Å². The maximum Gasteiger partial charge on any atom is 0.260 e. The Kier molecular flexibility index (Phi) is 3.70. The molecule has 1 aliphatic rings. The van der Waals surface area contributed by atoms with Gasteiger partial charge in [-0.25, -0.2) is 0 Å². The van der Waals surface area contributed by atoms with E-state index in [0.717, 1.165) is 10.5 Å². The van der Waals surface area contributed by atoms with E-state index in [0.29, 0.717) is 16.8 Å². The minimum absolute atomic E-state index is 0.384. The van der Waals surface area contributed by atoms with Crippen molar-refractivity contribution in [2.45, 2.75) is 12.8 Å². The smallest absolute Gasteiger partial charge is 0.260 e. The number of fused-ring (bicyclic) bond motifs is 1. The number of nitrogens with zero attached hydrogens (tertiary/aromatic N) is 1. The number of hydrogen-bond acceptors (Lipinski definition) is 3. The average molecular weight is 308 g/mol. The van der Waals surface area contributed by atoms with Gasteiger partial charge in [0, 0.05) is 18.3 Å². The summed E-state index contributed by atoms with van der Waals surface area (Å²) in [5, 5.41) is 2.76. The lowest BCUT2D eigenvalue weighted by Crippen LogP contribution is -2.46. The van der Waals surface area contributed by atoms with Crippen LogP contribution in [0, 0.1) is 6.92 Å². The molecular formula is C18H16N2O3. The average Bonchev–Trinajstić information content (AvgIpc) is 2.53. The van der Waals surface area contributed by atoms with Crippen LogP contribution in [-0.4, -0.2) is 29.7 Å². The SMILES string of the molecule is Cc1cccc(NC(=O)C2C(=O)N(C)C(=O)c3ccccc32)c1. The van der Waals surface area contributed by atoms with Gasteiger partial charge in [-0.3, -0.25) is 19.3 Å². The standard InChI is InChI=1S/C18H16N2O3/c1-11-6-5-7-12(10-11)19-16(21)15-13-8-3-4-9-14(13)17(22)20(2)18(15)23/h3-10,15H,1-2H3,(H,19,21). The van der Waals surface area contributed by atoms with Gasteiger partial charge in [-0.05, 0) is 36.2 Å². The first kappa shape index (κ1) is 15.0. The summed E-state index contributed by atoms with van der Waals surface area (Å²) in [6.45, 7) is 1.92. The summed E-state index contributed by atoms with van der Waals surface area (Å²) in [5.74, 6) is -2.36. The van der Waals surface area contributed by atoms with Crippen LogP contribution in [0.4, 0.5) is 5.69 Å². The molecule has 5 nitrogen and oxygen atoms in total. The Morgan fingerprint density at radius 1 is 1.09 bits per heavy atom. The molecule has 23 heavy (non-hydrogen) atoms. The Morgan fingerprint density at radius 3 is 2.57 bits per heavy atom. The molecule has 0 aliphatic carbocycles. The van der Waals surface area contributed by atoms with E-state index >= 15 is 0 Å². The maximum absolute atomic E-state index is 12.6. The number of anilines is 1. The molecule has 5 heteroatoms. The van der Waals surface area contributed by atoms with Crippen molar-refractivity contribution < 1.29 is 14.4 Å². The molecule has 1 heterocycles. The second-order valence-electron chi connectivity index (χ2n) is 5.58. The number of carbonyl (C=O) groups excluding carboxylic acids is 3. The second-order valence-corrected chi connectivity index (χ2v) is 5.58. The van der Waals surface area contributed by atoms with Gasteiger partial charge in [0.1, 0.15) is 5.92 Å². The number of imide groups is 1. The zero-order chi connectivity index (χ0) is 16.6. The zero-order valence-corrected chi connectivity index (χ0v) is 12.9. The monoisotopic (exact) mass is 308 g/mol. The van der Waals surface area contributed by atoms with Crippen molar-refractivity contribution in [1.29, 1.82) is 0 Å². The summed E-state index contributed by atoms with van der Waals surface area (Å²) in [7, 11) is 1.40. The van der Waals surface area contributed by atoms with Crippen LogP contribution in [0.1, 0.15) is 27.4 Å². The minimum atomic E-state index is -1.02. The van der Waals surface area contributed by atoms with Gasteiger partial charge in [-0.1, -0.05) is 30.3 Å². The molecule has 0 fully saturated rings. The first-order valence-corrected chi connectivity index (χ1v) is 7.27. The Hall–Kier alpha value is -2.95. The van der Waals surface area contributed by atoms with E-state index in [4.69, 9.17) is 0 Å². The normalized spacial score (nSPS) is 17.0. The third-order valence-corrected chi connectivity index (χ3v) is 3.93. The van der Waals surface area contributed by atoms with Gasteiger partial charge in [-0.15, -0.1) is 0 Å². The molecule has 3 rings (SSSR count). The lowest BCUT2D eigenvalue weighted by Gasteiger charge is -2.29. The highest BCUT2D eigenvalue weighted by Gasteiger charge is 2.40. The molecular weight excluding hydrogens is 292 g/mol. The van der Waals surface area contributed by atoms with Crippen molar-refractivity contribution in [3.8, 4) is 0 Å². The van der Waals surface area contributed by atoms with Crippen molar-refractivity contribution in [3.05, 3.63) is 65.2 Å². The number of hydrogen-bond donors (Lipinski definition) is 1. The molecule has 116 valence electrons. The third kappa shape index (κ3) is 2.61. The van der Waals surface area contributed by atoms with Crippen molar-refractivity contribution in [3.63, 3.8) is 0 Å². The first-order chi connectivity index (χ1) is 11.0. The third-order valence-electron chi connectivity index (χ3n) is 3.93. The molecule has 1 N–H and O–H groups in total. The van der Waals surface area contributed by atoms with E-state index in [1.165, 1.54) is 7.05 Å². The van der Waals surface area contributed by atoms with Crippen LogP contribution in [0.25, 0.3) is 0 Å². The number of rotatable bonds is 2. The predicted octanol–water partition coefficient (Wildman–Crippen LogP) is 2.33. The number of aryl methyl sites for hydroxylation is 1. The number of carbonyl (C=O) groups is 3. The summed E-state index contributed by atoms with van der Waals surface area (Å²) < 4.78 is 0. The molecule has 1 aliphatic heterocycles. The van der Waals surface area contributed by atoms with Crippen molar-refractivity contribution in [1.82, 2.24) is 4.90 Å². The van der Waals surface area contributed by atoms with Gasteiger partial charge in [0.25, 0.3) is 5.91 Å². The van der Waals surface area contributed by atoms with Gasteiger partial charge >= 0.3 is 0 Å². The Morgan fingerprint density at radius 2 is 1.83 bits per heavy atom. The van der Waals surface area contributed by atoms with E-state index in [1.807, 2.05) is 25.1 Å². The van der Waals surface area contributed by atoms with Gasteiger partial charge in [0.2, 0.25) is 11.8 Å². The highest BCUT2D eigenvalue weighted by Crippen LogP contribution is 2.29. The van der Waals surface area contributed by atoms with Crippen molar-refractivity contribution in [2.75, 3.05) is 12.4 Å². The molecule has 0 radical (unpaired) electrons. The number of nitrogens with one attached hydrogen (secondary N) is 1. The molecule has 0 saturated carbocycles. The van der Waals surface area contributed by atoms with Crippen LogP contribution in [0.2, 0.25) is 0 Å². The van der Waals surface area contributed by atoms with Crippen LogP contribution in [0.15, 0.2) is 48.5 Å². The summed E-state index contributed by atoms with van der Waals surface area (Å²) in [4.78, 5) is 38.2. The number of amides is 3. The van der Waals surface area contributed by atoms with Crippen LogP contribution in [0.3, 0.4) is 0 Å². The lowest BCUT2D eigenvalue weighted by molar-refractivity contribution is -0.134. The van der Waals surface area contributed by atoms with Crippen molar-refractivity contribution in [2.24, 2.45) is 0 Å². The van der Waals surface area contributed by atoms with Crippen molar-refractivity contribution >= 4 is 23.4 Å². The van der Waals surface area contributed by atoms with E-state index in [1.54, 1.807) is 30.3 Å². The minimum Gasteiger partial charge on any atom is -0.325 e. The first-order valence-electron chi connectivity index (χ1n) is 7.27. The Bertz CT molecular complexity index is 813. The number of benzene rings is 2. The quantitative estimate of drug-likeness (QED) is 0.684.